The molecular formula is C11H9Cl2N3O2S. The van der Waals surface area contributed by atoms with E-state index >= 15 is 0 Å². The fraction of sp³-hybridized carbons (Fsp3) is 0.0909. The van der Waals surface area contributed by atoms with E-state index < -0.39 is 9.84 Å². The molecule has 0 saturated carbocycles. The second kappa shape index (κ2) is 5.32. The zero-order valence-electron chi connectivity index (χ0n) is 9.76. The van der Waals surface area contributed by atoms with Gasteiger partial charge in [0.1, 0.15) is 11.0 Å². The van der Waals surface area contributed by atoms with Crippen molar-refractivity contribution in [3.05, 3.63) is 40.5 Å². The lowest BCUT2D eigenvalue weighted by Gasteiger charge is -2.08. The lowest BCUT2D eigenvalue weighted by molar-refractivity contribution is 0.593. The monoisotopic (exact) mass is 317 g/mol. The molecule has 0 radical (unpaired) electrons. The van der Waals surface area contributed by atoms with E-state index in [0.29, 0.717) is 10.7 Å². The van der Waals surface area contributed by atoms with E-state index in [0.717, 1.165) is 6.26 Å². The number of anilines is 2. The van der Waals surface area contributed by atoms with Gasteiger partial charge < -0.3 is 5.32 Å². The Balaban J connectivity index is 2.42. The van der Waals surface area contributed by atoms with Crippen LogP contribution >= 0.6 is 23.2 Å². The molecule has 1 N–H and O–H groups in total. The Morgan fingerprint density at radius 1 is 1.16 bits per heavy atom. The fourth-order valence-electron chi connectivity index (χ4n) is 1.33. The van der Waals surface area contributed by atoms with Crippen molar-refractivity contribution >= 4 is 44.5 Å². The molecular weight excluding hydrogens is 309 g/mol. The normalized spacial score (nSPS) is 11.3. The summed E-state index contributed by atoms with van der Waals surface area (Å²) < 4.78 is 22.8. The van der Waals surface area contributed by atoms with Crippen molar-refractivity contribution in [2.75, 3.05) is 11.6 Å². The highest BCUT2D eigenvalue weighted by Gasteiger charge is 2.14. The Labute approximate surface area is 120 Å². The Morgan fingerprint density at radius 2 is 1.84 bits per heavy atom. The van der Waals surface area contributed by atoms with E-state index in [1.54, 1.807) is 24.3 Å². The standard InChI is InChI=1S/C11H9Cl2N3O2S/c1-19(17,18)11-15-9(13)6-10(16-11)14-8-5-3-2-4-7(8)12/h2-6H,1H3,(H,14,15,16). The van der Waals surface area contributed by atoms with E-state index in [-0.39, 0.29) is 16.1 Å². The summed E-state index contributed by atoms with van der Waals surface area (Å²) in [5, 5.41) is 3.07. The van der Waals surface area contributed by atoms with Gasteiger partial charge in [-0.15, -0.1) is 0 Å². The number of rotatable bonds is 3. The first-order valence-electron chi connectivity index (χ1n) is 5.12. The molecule has 0 aliphatic carbocycles. The highest BCUT2D eigenvalue weighted by atomic mass is 35.5. The number of nitrogens with one attached hydrogen (secondary N) is 1. The lowest BCUT2D eigenvalue weighted by atomic mass is 10.3. The van der Waals surface area contributed by atoms with Crippen molar-refractivity contribution in [2.24, 2.45) is 0 Å². The average Bonchev–Trinajstić information content (AvgIpc) is 2.30. The fourth-order valence-corrected chi connectivity index (χ4v) is 2.27. The molecule has 0 amide bonds. The van der Waals surface area contributed by atoms with Gasteiger partial charge in [-0.05, 0) is 12.1 Å². The molecule has 0 spiro atoms. The zero-order valence-corrected chi connectivity index (χ0v) is 12.1. The van der Waals surface area contributed by atoms with Crippen molar-refractivity contribution in [2.45, 2.75) is 5.16 Å². The quantitative estimate of drug-likeness (QED) is 0.696. The molecule has 2 rings (SSSR count). The molecule has 2 aromatic rings. The molecule has 0 unspecified atom stereocenters. The van der Waals surface area contributed by atoms with Gasteiger partial charge in [-0.1, -0.05) is 35.3 Å². The Morgan fingerprint density at radius 3 is 2.47 bits per heavy atom. The molecule has 8 heteroatoms. The highest BCUT2D eigenvalue weighted by molar-refractivity contribution is 7.90. The van der Waals surface area contributed by atoms with Crippen molar-refractivity contribution < 1.29 is 8.42 Å². The maximum absolute atomic E-state index is 11.4. The number of hydrogen-bond acceptors (Lipinski definition) is 5. The zero-order chi connectivity index (χ0) is 14.0. The van der Waals surface area contributed by atoms with Crippen LogP contribution in [0.3, 0.4) is 0 Å². The number of aromatic nitrogens is 2. The van der Waals surface area contributed by atoms with Crippen LogP contribution in [0.25, 0.3) is 0 Å². The number of para-hydroxylation sites is 1. The Kier molecular flexibility index (Phi) is 3.93. The summed E-state index contributed by atoms with van der Waals surface area (Å²) in [4.78, 5) is 7.55. The Hall–Kier alpha value is -1.37. The molecule has 0 saturated heterocycles. The van der Waals surface area contributed by atoms with E-state index in [4.69, 9.17) is 23.2 Å². The molecule has 0 fully saturated rings. The van der Waals surface area contributed by atoms with Crippen LogP contribution in [-0.4, -0.2) is 24.6 Å². The van der Waals surface area contributed by atoms with Crippen molar-refractivity contribution in [1.29, 1.82) is 0 Å². The van der Waals surface area contributed by atoms with Crippen LogP contribution in [0.2, 0.25) is 10.2 Å². The molecule has 1 aromatic heterocycles. The van der Waals surface area contributed by atoms with Crippen molar-refractivity contribution in [1.82, 2.24) is 9.97 Å². The molecule has 100 valence electrons. The van der Waals surface area contributed by atoms with Gasteiger partial charge in [-0.3, -0.25) is 0 Å². The minimum atomic E-state index is -3.53. The maximum atomic E-state index is 11.4. The van der Waals surface area contributed by atoms with Gasteiger partial charge in [0.25, 0.3) is 0 Å². The smallest absolute Gasteiger partial charge is 0.250 e. The molecule has 1 aromatic carbocycles. The van der Waals surface area contributed by atoms with Gasteiger partial charge in [0, 0.05) is 12.3 Å². The van der Waals surface area contributed by atoms with Crippen molar-refractivity contribution in [3.63, 3.8) is 0 Å². The first-order chi connectivity index (χ1) is 8.86. The number of benzene rings is 1. The SMILES string of the molecule is CS(=O)(=O)c1nc(Cl)cc(Nc2ccccc2Cl)n1. The number of sulfone groups is 1. The van der Waals surface area contributed by atoms with Crippen LogP contribution in [0.5, 0.6) is 0 Å². The molecule has 1 heterocycles. The van der Waals surface area contributed by atoms with E-state index in [1.165, 1.54) is 6.07 Å². The topological polar surface area (TPSA) is 72.0 Å². The third-order valence-corrected chi connectivity index (χ3v) is 3.51. The average molecular weight is 318 g/mol. The van der Waals surface area contributed by atoms with Gasteiger partial charge >= 0.3 is 0 Å². The third-order valence-electron chi connectivity index (χ3n) is 2.14. The van der Waals surface area contributed by atoms with Crippen molar-refractivity contribution in [3.8, 4) is 0 Å². The number of halogens is 2. The summed E-state index contributed by atoms with van der Waals surface area (Å²) >= 11 is 11.8. The van der Waals surface area contributed by atoms with E-state index in [2.05, 4.69) is 15.3 Å². The van der Waals surface area contributed by atoms with Crippen LogP contribution in [-0.2, 0) is 9.84 Å². The summed E-state index contributed by atoms with van der Waals surface area (Å²) in [7, 11) is -3.53. The second-order valence-corrected chi connectivity index (χ2v) is 6.44. The van der Waals surface area contributed by atoms with Gasteiger partial charge in [-0.2, -0.15) is 0 Å². The van der Waals surface area contributed by atoms with Gasteiger partial charge in [0.15, 0.2) is 0 Å². The molecule has 19 heavy (non-hydrogen) atoms. The molecule has 0 atom stereocenters. The van der Waals surface area contributed by atoms with Crippen LogP contribution in [0.1, 0.15) is 0 Å². The van der Waals surface area contributed by atoms with Gasteiger partial charge in [-0.25, -0.2) is 18.4 Å². The number of nitrogens with zero attached hydrogens (tertiary/aromatic N) is 2. The maximum Gasteiger partial charge on any atom is 0.250 e. The predicted molar refractivity (Wildman–Crippen MR) is 74.9 cm³/mol. The van der Waals surface area contributed by atoms with Gasteiger partial charge in [0.05, 0.1) is 10.7 Å². The summed E-state index contributed by atoms with van der Waals surface area (Å²) in [6.45, 7) is 0. The molecule has 0 aliphatic rings. The predicted octanol–water partition coefficient (Wildman–Crippen LogP) is 2.93. The van der Waals surface area contributed by atoms with E-state index in [9.17, 15) is 8.42 Å². The highest BCUT2D eigenvalue weighted by Crippen LogP contribution is 2.25. The van der Waals surface area contributed by atoms with Crippen LogP contribution < -0.4 is 5.32 Å². The summed E-state index contributed by atoms with van der Waals surface area (Å²) in [6, 6.07) is 8.42. The summed E-state index contributed by atoms with van der Waals surface area (Å²) in [6.07, 6.45) is 1.01. The molecule has 0 aliphatic heterocycles. The first kappa shape index (κ1) is 14.0. The minimum absolute atomic E-state index is 0.0324. The summed E-state index contributed by atoms with van der Waals surface area (Å²) in [5.41, 5.74) is 0.596. The number of hydrogen-bond donors (Lipinski definition) is 1. The van der Waals surface area contributed by atoms with E-state index in [1.807, 2.05) is 0 Å². The molecule has 0 bridgehead atoms. The summed E-state index contributed by atoms with van der Waals surface area (Å²) in [5.74, 6) is 0.258. The minimum Gasteiger partial charge on any atom is -0.339 e. The van der Waals surface area contributed by atoms with Crippen LogP contribution in [0, 0.1) is 0 Å². The first-order valence-corrected chi connectivity index (χ1v) is 7.77. The lowest BCUT2D eigenvalue weighted by Crippen LogP contribution is -2.06. The second-order valence-electron chi connectivity index (χ2n) is 3.74. The van der Waals surface area contributed by atoms with Crippen LogP contribution in [0.15, 0.2) is 35.5 Å². The van der Waals surface area contributed by atoms with Crippen LogP contribution in [0.4, 0.5) is 11.5 Å². The molecule has 5 nitrogen and oxygen atoms in total. The largest absolute Gasteiger partial charge is 0.339 e. The Bertz CT molecular complexity index is 720. The van der Waals surface area contributed by atoms with Gasteiger partial charge in [0.2, 0.25) is 15.0 Å². The third kappa shape index (κ3) is 3.56.